The van der Waals surface area contributed by atoms with E-state index in [0.29, 0.717) is 11.5 Å². The van der Waals surface area contributed by atoms with Crippen LogP contribution in [0, 0.1) is 6.92 Å². The third kappa shape index (κ3) is 4.15. The summed E-state index contributed by atoms with van der Waals surface area (Å²) in [6.45, 7) is 1.96. The van der Waals surface area contributed by atoms with Crippen molar-refractivity contribution < 1.29 is 12.9 Å². The maximum atomic E-state index is 11.9. The van der Waals surface area contributed by atoms with E-state index in [9.17, 15) is 8.42 Å². The van der Waals surface area contributed by atoms with Gasteiger partial charge in [0, 0.05) is 17.1 Å². The third-order valence-electron chi connectivity index (χ3n) is 2.46. The largest absolute Gasteiger partial charge is 0.361 e. The quantitative estimate of drug-likeness (QED) is 0.903. The Morgan fingerprint density at radius 2 is 2.11 bits per heavy atom. The van der Waals surface area contributed by atoms with Crippen molar-refractivity contribution >= 4 is 26.0 Å². The third-order valence-corrected chi connectivity index (χ3v) is 4.49. The van der Waals surface area contributed by atoms with Gasteiger partial charge in [0.05, 0.1) is 0 Å². The second kappa shape index (κ2) is 5.85. The van der Waals surface area contributed by atoms with Gasteiger partial charge in [0.25, 0.3) is 0 Å². The van der Waals surface area contributed by atoms with E-state index in [4.69, 9.17) is 4.52 Å². The molecule has 0 saturated heterocycles. The zero-order valence-corrected chi connectivity index (χ0v) is 12.7. The van der Waals surface area contributed by atoms with Crippen LogP contribution in [0.15, 0.2) is 39.3 Å². The van der Waals surface area contributed by atoms with Gasteiger partial charge in [-0.25, -0.2) is 13.1 Å². The molecule has 102 valence electrons. The molecule has 1 heterocycles. The normalized spacial score (nSPS) is 11.7. The Labute approximate surface area is 120 Å². The summed E-state index contributed by atoms with van der Waals surface area (Å²) in [7, 11) is -3.43. The minimum atomic E-state index is -3.43. The molecule has 0 aliphatic heterocycles. The van der Waals surface area contributed by atoms with E-state index in [-0.39, 0.29) is 12.3 Å². The molecule has 0 aliphatic carbocycles. The maximum absolute atomic E-state index is 11.9. The van der Waals surface area contributed by atoms with Crippen LogP contribution < -0.4 is 4.72 Å². The van der Waals surface area contributed by atoms with Crippen LogP contribution >= 0.6 is 15.9 Å². The van der Waals surface area contributed by atoms with Crippen molar-refractivity contribution in [2.45, 2.75) is 19.2 Å². The van der Waals surface area contributed by atoms with Gasteiger partial charge < -0.3 is 4.52 Å². The first-order valence-electron chi connectivity index (χ1n) is 5.59. The highest BCUT2D eigenvalue weighted by Crippen LogP contribution is 2.16. The molecule has 0 radical (unpaired) electrons. The summed E-state index contributed by atoms with van der Waals surface area (Å²) < 4.78 is 32.0. The van der Waals surface area contributed by atoms with Crippen molar-refractivity contribution in [2.75, 3.05) is 0 Å². The molecule has 0 bridgehead atoms. The second-order valence-electron chi connectivity index (χ2n) is 4.10. The minimum absolute atomic E-state index is 0.186. The summed E-state index contributed by atoms with van der Waals surface area (Å²) >= 11 is 3.37. The van der Waals surface area contributed by atoms with Crippen molar-refractivity contribution in [3.63, 3.8) is 0 Å². The second-order valence-corrected chi connectivity index (χ2v) is 6.76. The van der Waals surface area contributed by atoms with Crippen LogP contribution in [0.4, 0.5) is 0 Å². The number of hydrogen-bond acceptors (Lipinski definition) is 4. The summed E-state index contributed by atoms with van der Waals surface area (Å²) in [6, 6.07) is 9.06. The van der Waals surface area contributed by atoms with Crippen LogP contribution in [-0.4, -0.2) is 13.6 Å². The molecule has 5 nitrogen and oxygen atoms in total. The van der Waals surface area contributed by atoms with E-state index < -0.39 is 10.0 Å². The van der Waals surface area contributed by atoms with Crippen LogP contribution in [0.1, 0.15) is 17.0 Å². The summed E-state index contributed by atoms with van der Waals surface area (Å²) in [5.74, 6) is 0.408. The van der Waals surface area contributed by atoms with Crippen LogP contribution in [0.5, 0.6) is 0 Å². The van der Waals surface area contributed by atoms with Crippen LogP contribution in [0.3, 0.4) is 0 Å². The Bertz CT molecular complexity index is 667. The van der Waals surface area contributed by atoms with Gasteiger partial charge in [0.15, 0.2) is 0 Å². The number of sulfonamides is 1. The van der Waals surface area contributed by atoms with E-state index in [0.717, 1.165) is 10.0 Å². The fourth-order valence-corrected chi connectivity index (χ4v) is 2.99. The number of aryl methyl sites for hydroxylation is 1. The highest BCUT2D eigenvalue weighted by molar-refractivity contribution is 9.10. The smallest absolute Gasteiger partial charge is 0.217 e. The molecule has 0 spiro atoms. The molecule has 0 saturated carbocycles. The first kappa shape index (κ1) is 14.2. The van der Waals surface area contributed by atoms with Crippen molar-refractivity contribution in [3.05, 3.63) is 51.8 Å². The first-order valence-corrected chi connectivity index (χ1v) is 8.04. The molecule has 1 aromatic heterocycles. The summed E-state index contributed by atoms with van der Waals surface area (Å²) in [4.78, 5) is 0. The highest BCUT2D eigenvalue weighted by atomic mass is 79.9. The van der Waals surface area contributed by atoms with Gasteiger partial charge in [-0.1, -0.05) is 39.3 Å². The molecule has 1 aromatic carbocycles. The number of rotatable bonds is 5. The Kier molecular flexibility index (Phi) is 4.38. The van der Waals surface area contributed by atoms with Crippen molar-refractivity contribution in [3.8, 4) is 0 Å². The van der Waals surface area contributed by atoms with E-state index in [1.807, 2.05) is 24.3 Å². The molecule has 1 N–H and O–H groups in total. The molecule has 0 atom stereocenters. The summed E-state index contributed by atoms with van der Waals surface area (Å²) in [6.07, 6.45) is 0. The predicted octanol–water partition coefficient (Wildman–Crippen LogP) is 2.37. The van der Waals surface area contributed by atoms with Crippen molar-refractivity contribution in [2.24, 2.45) is 0 Å². The topological polar surface area (TPSA) is 72.2 Å². The molecule has 19 heavy (non-hydrogen) atoms. The minimum Gasteiger partial charge on any atom is -0.361 e. The standard InChI is InChI=1S/C12H13BrN2O3S/c1-9-6-11(15-18-9)8-19(16,17)14-7-10-4-2-3-5-12(10)13/h2-6,14H,7-8H2,1H3. The Morgan fingerprint density at radius 1 is 1.37 bits per heavy atom. The molecular formula is C12H13BrN2O3S. The van der Waals surface area contributed by atoms with Gasteiger partial charge in [-0.2, -0.15) is 0 Å². The highest BCUT2D eigenvalue weighted by Gasteiger charge is 2.14. The van der Waals surface area contributed by atoms with Gasteiger partial charge in [0.1, 0.15) is 17.2 Å². The molecular weight excluding hydrogens is 332 g/mol. The number of nitrogens with zero attached hydrogens (tertiary/aromatic N) is 1. The van der Waals surface area contributed by atoms with Crippen molar-refractivity contribution in [1.29, 1.82) is 0 Å². The van der Waals surface area contributed by atoms with Gasteiger partial charge in [-0.05, 0) is 18.6 Å². The summed E-state index contributed by atoms with van der Waals surface area (Å²) in [5, 5.41) is 3.67. The lowest BCUT2D eigenvalue weighted by Gasteiger charge is -2.06. The lowest BCUT2D eigenvalue weighted by atomic mass is 10.2. The Morgan fingerprint density at radius 3 is 2.74 bits per heavy atom. The number of benzene rings is 1. The zero-order chi connectivity index (χ0) is 13.9. The Balaban J connectivity index is 2.00. The molecule has 2 rings (SSSR count). The van der Waals surface area contributed by atoms with Gasteiger partial charge >= 0.3 is 0 Å². The van der Waals surface area contributed by atoms with E-state index in [2.05, 4.69) is 25.8 Å². The predicted molar refractivity (Wildman–Crippen MR) is 74.8 cm³/mol. The van der Waals surface area contributed by atoms with Crippen LogP contribution in [0.25, 0.3) is 0 Å². The Hall–Kier alpha value is -1.18. The molecule has 7 heteroatoms. The monoisotopic (exact) mass is 344 g/mol. The van der Waals surface area contributed by atoms with Gasteiger partial charge in [-0.3, -0.25) is 0 Å². The van der Waals surface area contributed by atoms with E-state index in [1.165, 1.54) is 0 Å². The fraction of sp³-hybridized carbons (Fsp3) is 0.250. The fourth-order valence-electron chi connectivity index (χ4n) is 1.56. The average molecular weight is 345 g/mol. The number of nitrogens with one attached hydrogen (secondary N) is 1. The lowest BCUT2D eigenvalue weighted by molar-refractivity contribution is 0.392. The van der Waals surface area contributed by atoms with E-state index >= 15 is 0 Å². The average Bonchev–Trinajstić information content (AvgIpc) is 2.73. The molecule has 0 unspecified atom stereocenters. The van der Waals surface area contributed by atoms with Crippen molar-refractivity contribution in [1.82, 2.24) is 9.88 Å². The SMILES string of the molecule is Cc1cc(CS(=O)(=O)NCc2ccccc2Br)no1. The van der Waals surface area contributed by atoms with Gasteiger partial charge in [-0.15, -0.1) is 0 Å². The van der Waals surface area contributed by atoms with Crippen LogP contribution in [-0.2, 0) is 22.3 Å². The van der Waals surface area contributed by atoms with Gasteiger partial charge in [0.2, 0.25) is 10.0 Å². The molecule has 2 aromatic rings. The van der Waals surface area contributed by atoms with E-state index in [1.54, 1.807) is 13.0 Å². The number of aromatic nitrogens is 1. The first-order chi connectivity index (χ1) is 8.96. The zero-order valence-electron chi connectivity index (χ0n) is 10.3. The number of hydrogen-bond donors (Lipinski definition) is 1. The lowest BCUT2D eigenvalue weighted by Crippen LogP contribution is -2.25. The molecule has 0 fully saturated rings. The molecule has 0 amide bonds. The number of halogens is 1. The molecule has 0 aliphatic rings. The van der Waals surface area contributed by atoms with Crippen LogP contribution in [0.2, 0.25) is 0 Å². The summed E-state index contributed by atoms with van der Waals surface area (Å²) in [5.41, 5.74) is 1.28. The maximum Gasteiger partial charge on any atom is 0.217 e.